The fraction of sp³-hybridized carbons (Fsp3) is 0.429. The molecule has 3 aromatic rings. The zero-order valence-corrected chi connectivity index (χ0v) is 16.1. The number of hydrogen-bond donors (Lipinski definition) is 0. The van der Waals surface area contributed by atoms with Crippen LogP contribution in [0.5, 0.6) is 0 Å². The van der Waals surface area contributed by atoms with Gasteiger partial charge in [0.15, 0.2) is 11.5 Å². The van der Waals surface area contributed by atoms with Gasteiger partial charge in [0.05, 0.1) is 12.5 Å². The highest BCUT2D eigenvalue weighted by atomic mass is 32.1. The van der Waals surface area contributed by atoms with Crippen molar-refractivity contribution in [3.05, 3.63) is 52.0 Å². The smallest absolute Gasteiger partial charge is 0.236 e. The molecule has 6 heteroatoms. The zero-order chi connectivity index (χ0) is 18.2. The van der Waals surface area contributed by atoms with Crippen molar-refractivity contribution in [1.82, 2.24) is 14.8 Å². The number of oxazole rings is 1. The van der Waals surface area contributed by atoms with Crippen LogP contribution in [0.1, 0.15) is 35.1 Å². The molecule has 1 fully saturated rings. The van der Waals surface area contributed by atoms with E-state index in [9.17, 15) is 4.79 Å². The van der Waals surface area contributed by atoms with Crippen LogP contribution in [-0.4, -0.2) is 46.9 Å². The average Bonchev–Trinajstić information content (AvgIpc) is 3.34. The van der Waals surface area contributed by atoms with E-state index in [4.69, 9.17) is 4.42 Å². The number of fused-ring (bicyclic) bond motifs is 2. The van der Waals surface area contributed by atoms with E-state index in [1.54, 1.807) is 0 Å². The Morgan fingerprint density at radius 2 is 2.19 bits per heavy atom. The van der Waals surface area contributed by atoms with Crippen LogP contribution in [0.25, 0.3) is 11.1 Å². The minimum Gasteiger partial charge on any atom is -0.440 e. The molecule has 0 aliphatic carbocycles. The third-order valence-electron chi connectivity index (χ3n) is 5.68. The molecule has 0 N–H and O–H groups in total. The van der Waals surface area contributed by atoms with E-state index in [0.717, 1.165) is 55.9 Å². The molecule has 5 nitrogen and oxygen atoms in total. The number of benzene rings is 1. The van der Waals surface area contributed by atoms with E-state index in [1.807, 2.05) is 40.5 Å². The zero-order valence-electron chi connectivity index (χ0n) is 15.3. The minimum absolute atomic E-state index is 0.194. The monoisotopic (exact) mass is 381 g/mol. The Hall–Kier alpha value is -2.18. The molecule has 1 saturated heterocycles. The number of carbonyl (C=O) groups is 1. The Bertz CT molecular complexity index is 930. The van der Waals surface area contributed by atoms with Crippen LogP contribution in [0.15, 0.2) is 40.1 Å². The second-order valence-electron chi connectivity index (χ2n) is 7.53. The summed E-state index contributed by atoms with van der Waals surface area (Å²) in [5.41, 5.74) is 3.12. The maximum Gasteiger partial charge on any atom is 0.236 e. The second kappa shape index (κ2) is 7.09. The van der Waals surface area contributed by atoms with Crippen molar-refractivity contribution < 1.29 is 9.21 Å². The molecule has 1 unspecified atom stereocenters. The molecule has 5 rings (SSSR count). The van der Waals surface area contributed by atoms with Crippen LogP contribution in [0.3, 0.4) is 0 Å². The van der Waals surface area contributed by atoms with E-state index in [-0.39, 0.29) is 11.8 Å². The van der Waals surface area contributed by atoms with Crippen LogP contribution >= 0.6 is 11.3 Å². The van der Waals surface area contributed by atoms with Gasteiger partial charge in [-0.2, -0.15) is 0 Å². The third-order valence-corrected chi connectivity index (χ3v) is 6.70. The fourth-order valence-electron chi connectivity index (χ4n) is 4.20. The summed E-state index contributed by atoms with van der Waals surface area (Å²) in [6.45, 7) is 3.93. The Morgan fingerprint density at radius 1 is 1.26 bits per heavy atom. The van der Waals surface area contributed by atoms with Crippen molar-refractivity contribution >= 4 is 28.3 Å². The highest BCUT2D eigenvalue weighted by Gasteiger charge is 2.29. The number of amides is 1. The molecule has 140 valence electrons. The van der Waals surface area contributed by atoms with Crippen molar-refractivity contribution in [2.45, 2.75) is 31.7 Å². The molecule has 1 amide bonds. The maximum absolute atomic E-state index is 12.9. The minimum atomic E-state index is 0.194. The number of rotatable bonds is 3. The second-order valence-corrected chi connectivity index (χ2v) is 8.53. The summed E-state index contributed by atoms with van der Waals surface area (Å²) in [7, 11) is 0. The number of nitrogens with zero attached hydrogens (tertiary/aromatic N) is 3. The van der Waals surface area contributed by atoms with E-state index in [2.05, 4.69) is 21.3 Å². The molecule has 0 bridgehead atoms. The first-order valence-corrected chi connectivity index (χ1v) is 10.5. The first kappa shape index (κ1) is 17.0. The van der Waals surface area contributed by atoms with Crippen LogP contribution in [0.4, 0.5) is 0 Å². The molecule has 0 saturated carbocycles. The predicted octanol–water partition coefficient (Wildman–Crippen LogP) is 3.65. The molecule has 4 heterocycles. The van der Waals surface area contributed by atoms with Gasteiger partial charge in [-0.1, -0.05) is 12.1 Å². The quantitative estimate of drug-likeness (QED) is 0.695. The molecule has 2 aromatic heterocycles. The van der Waals surface area contributed by atoms with Gasteiger partial charge < -0.3 is 9.32 Å². The average molecular weight is 382 g/mol. The summed E-state index contributed by atoms with van der Waals surface area (Å²) in [5.74, 6) is 1.20. The van der Waals surface area contributed by atoms with Crippen molar-refractivity contribution in [2.24, 2.45) is 0 Å². The van der Waals surface area contributed by atoms with Crippen LogP contribution in [0, 0.1) is 0 Å². The van der Waals surface area contributed by atoms with Crippen molar-refractivity contribution in [2.75, 3.05) is 26.2 Å². The summed E-state index contributed by atoms with van der Waals surface area (Å²) >= 11 is 1.83. The SMILES string of the molecule is O=C(CN1CCc2sccc2C1)N1CCCC(c2nc3ccccc3o2)C1. The molecule has 0 spiro atoms. The molecule has 2 aliphatic rings. The van der Waals surface area contributed by atoms with Gasteiger partial charge in [0.2, 0.25) is 5.91 Å². The summed E-state index contributed by atoms with van der Waals surface area (Å²) in [6, 6.07) is 10.1. The Morgan fingerprint density at radius 3 is 3.11 bits per heavy atom. The molecule has 0 radical (unpaired) electrons. The topological polar surface area (TPSA) is 49.6 Å². The molecule has 1 atom stereocenters. The summed E-state index contributed by atoms with van der Waals surface area (Å²) in [4.78, 5) is 23.3. The van der Waals surface area contributed by atoms with E-state index in [0.29, 0.717) is 13.1 Å². The lowest BCUT2D eigenvalue weighted by Crippen LogP contribution is -2.45. The molecule has 1 aromatic carbocycles. The lowest BCUT2D eigenvalue weighted by molar-refractivity contribution is -0.134. The van der Waals surface area contributed by atoms with Gasteiger partial charge in [-0.25, -0.2) is 4.98 Å². The number of hydrogen-bond acceptors (Lipinski definition) is 5. The maximum atomic E-state index is 12.9. The predicted molar refractivity (Wildman–Crippen MR) is 106 cm³/mol. The van der Waals surface area contributed by atoms with Gasteiger partial charge in [0.1, 0.15) is 5.52 Å². The Kier molecular flexibility index (Phi) is 4.45. The standard InChI is InChI=1S/C21H23N3O2S/c25-20(14-23-10-7-19-15(12-23)8-11-27-19)24-9-3-4-16(13-24)21-22-17-5-1-2-6-18(17)26-21/h1-2,5-6,8,11,16H,3-4,7,9-10,12-14H2. The fourth-order valence-corrected chi connectivity index (χ4v) is 5.09. The molecular formula is C21H23N3O2S. The molecule has 2 aliphatic heterocycles. The van der Waals surface area contributed by atoms with Crippen molar-refractivity contribution in [1.29, 1.82) is 0 Å². The van der Waals surface area contributed by atoms with Crippen LogP contribution < -0.4 is 0 Å². The normalized spacial score (nSPS) is 20.7. The van der Waals surface area contributed by atoms with Gasteiger partial charge >= 0.3 is 0 Å². The highest BCUT2D eigenvalue weighted by Crippen LogP contribution is 2.29. The molecule has 27 heavy (non-hydrogen) atoms. The van der Waals surface area contributed by atoms with E-state index >= 15 is 0 Å². The lowest BCUT2D eigenvalue weighted by atomic mass is 9.98. The van der Waals surface area contributed by atoms with E-state index < -0.39 is 0 Å². The van der Waals surface area contributed by atoms with Crippen LogP contribution in [-0.2, 0) is 17.8 Å². The Labute approximate surface area is 162 Å². The molecular weight excluding hydrogens is 358 g/mol. The lowest BCUT2D eigenvalue weighted by Gasteiger charge is -2.34. The first-order chi connectivity index (χ1) is 13.3. The summed E-state index contributed by atoms with van der Waals surface area (Å²) in [5, 5.41) is 2.16. The van der Waals surface area contributed by atoms with Gasteiger partial charge in [0, 0.05) is 31.1 Å². The number of piperidine rings is 1. The largest absolute Gasteiger partial charge is 0.440 e. The van der Waals surface area contributed by atoms with E-state index in [1.165, 1.54) is 10.4 Å². The van der Waals surface area contributed by atoms with Gasteiger partial charge in [-0.05, 0) is 48.4 Å². The van der Waals surface area contributed by atoms with Crippen molar-refractivity contribution in [3.63, 3.8) is 0 Å². The van der Waals surface area contributed by atoms with Gasteiger partial charge in [-0.15, -0.1) is 11.3 Å². The van der Waals surface area contributed by atoms with Gasteiger partial charge in [0.25, 0.3) is 0 Å². The number of thiophene rings is 1. The van der Waals surface area contributed by atoms with Crippen molar-refractivity contribution in [3.8, 4) is 0 Å². The highest BCUT2D eigenvalue weighted by molar-refractivity contribution is 7.10. The first-order valence-electron chi connectivity index (χ1n) is 9.67. The van der Waals surface area contributed by atoms with Crippen LogP contribution in [0.2, 0.25) is 0 Å². The number of likely N-dealkylation sites (tertiary alicyclic amines) is 1. The number of para-hydroxylation sites is 2. The summed E-state index contributed by atoms with van der Waals surface area (Å²) in [6.07, 6.45) is 3.09. The number of carbonyl (C=O) groups excluding carboxylic acids is 1. The third kappa shape index (κ3) is 3.39. The summed E-state index contributed by atoms with van der Waals surface area (Å²) < 4.78 is 5.96. The number of aromatic nitrogens is 1. The Balaban J connectivity index is 1.24. The van der Waals surface area contributed by atoms with Gasteiger partial charge in [-0.3, -0.25) is 9.69 Å².